The van der Waals surface area contributed by atoms with Crippen LogP contribution in [0.15, 0.2) is 134 Å². The number of carbonyl (C=O) groups is 3. The highest BCUT2D eigenvalue weighted by Gasteiger charge is 2.19. The summed E-state index contributed by atoms with van der Waals surface area (Å²) in [5, 5.41) is 0. The van der Waals surface area contributed by atoms with E-state index in [4.69, 9.17) is 14.2 Å². The molecule has 1 unspecified atom stereocenters. The van der Waals surface area contributed by atoms with Gasteiger partial charge in [0.15, 0.2) is 6.10 Å². The Bertz CT molecular complexity index is 1680. The molecule has 0 aliphatic rings. The van der Waals surface area contributed by atoms with Crippen molar-refractivity contribution < 1.29 is 28.6 Å². The van der Waals surface area contributed by atoms with Crippen LogP contribution < -0.4 is 0 Å². The lowest BCUT2D eigenvalue weighted by Gasteiger charge is -2.18. The normalized spacial score (nSPS) is 13.0. The highest BCUT2D eigenvalue weighted by atomic mass is 16.6. The van der Waals surface area contributed by atoms with Gasteiger partial charge in [0.2, 0.25) is 0 Å². The van der Waals surface area contributed by atoms with E-state index in [1.807, 2.05) is 0 Å². The van der Waals surface area contributed by atoms with Gasteiger partial charge in [-0.05, 0) is 135 Å². The average molecular weight is 1090 g/mol. The van der Waals surface area contributed by atoms with E-state index in [0.717, 1.165) is 128 Å². The summed E-state index contributed by atoms with van der Waals surface area (Å²) in [6.07, 6.45) is 93.2. The van der Waals surface area contributed by atoms with Gasteiger partial charge in [-0.25, -0.2) is 0 Å². The smallest absolute Gasteiger partial charge is 0.306 e. The zero-order chi connectivity index (χ0) is 57.1. The molecule has 0 heterocycles. The number of esters is 3. The predicted octanol–water partition coefficient (Wildman–Crippen LogP) is 22.5. The molecular formula is C73H120O6. The lowest BCUT2D eigenvalue weighted by Crippen LogP contribution is -2.30. The zero-order valence-electron chi connectivity index (χ0n) is 51.3. The minimum absolute atomic E-state index is 0.106. The monoisotopic (exact) mass is 1090 g/mol. The van der Waals surface area contributed by atoms with Crippen molar-refractivity contribution in [1.82, 2.24) is 0 Å². The Morgan fingerprint density at radius 2 is 0.494 bits per heavy atom. The third-order valence-electron chi connectivity index (χ3n) is 13.6. The van der Waals surface area contributed by atoms with Crippen LogP contribution >= 0.6 is 0 Å². The van der Waals surface area contributed by atoms with Gasteiger partial charge in [-0.2, -0.15) is 0 Å². The van der Waals surface area contributed by atoms with Gasteiger partial charge in [-0.15, -0.1) is 0 Å². The fourth-order valence-electron chi connectivity index (χ4n) is 8.79. The van der Waals surface area contributed by atoms with Crippen molar-refractivity contribution in [2.75, 3.05) is 13.2 Å². The molecule has 0 N–H and O–H groups in total. The SMILES string of the molecule is CC/C=C\C/C=C\C/C=C\C/C=C\C/C=C\CCCCCC(=O)OCC(COC(=O)CCCCCCCCCCCCC/C=C\CCCCCCCCCC)OC(=O)CCCCC/C=C\C/C=C\C/C=C\C/C=C\C/C=C\CC. The second-order valence-corrected chi connectivity index (χ2v) is 21.3. The molecule has 1 atom stereocenters. The Hall–Kier alpha value is -4.45. The third-order valence-corrected chi connectivity index (χ3v) is 13.6. The predicted molar refractivity (Wildman–Crippen MR) is 343 cm³/mol. The first kappa shape index (κ1) is 74.5. The van der Waals surface area contributed by atoms with Crippen molar-refractivity contribution in [3.8, 4) is 0 Å². The zero-order valence-corrected chi connectivity index (χ0v) is 51.3. The maximum atomic E-state index is 12.9. The van der Waals surface area contributed by atoms with Crippen LogP contribution in [0, 0.1) is 0 Å². The van der Waals surface area contributed by atoms with Crippen LogP contribution in [-0.4, -0.2) is 37.2 Å². The van der Waals surface area contributed by atoms with Gasteiger partial charge in [-0.3, -0.25) is 14.4 Å². The first-order valence-electron chi connectivity index (χ1n) is 32.7. The van der Waals surface area contributed by atoms with Crippen molar-refractivity contribution in [1.29, 1.82) is 0 Å². The topological polar surface area (TPSA) is 78.9 Å². The second kappa shape index (κ2) is 66.1. The number of rotatable bonds is 58. The molecule has 0 spiro atoms. The summed E-state index contributed by atoms with van der Waals surface area (Å²) in [5.41, 5.74) is 0. The number of ether oxygens (including phenoxy) is 3. The van der Waals surface area contributed by atoms with E-state index in [-0.39, 0.29) is 37.5 Å². The third kappa shape index (κ3) is 64.3. The maximum absolute atomic E-state index is 12.9. The summed E-state index contributed by atoms with van der Waals surface area (Å²) in [6.45, 7) is 6.37. The number of hydrogen-bond donors (Lipinski definition) is 0. The Kier molecular flexibility index (Phi) is 62.3. The molecule has 0 aromatic rings. The van der Waals surface area contributed by atoms with Crippen LogP contribution in [-0.2, 0) is 28.6 Å². The van der Waals surface area contributed by atoms with Crippen LogP contribution in [0.3, 0.4) is 0 Å². The number of hydrogen-bond acceptors (Lipinski definition) is 6. The fourth-order valence-corrected chi connectivity index (χ4v) is 8.79. The molecule has 0 bridgehead atoms. The first-order valence-corrected chi connectivity index (χ1v) is 32.7. The Morgan fingerprint density at radius 1 is 0.266 bits per heavy atom. The molecule has 0 aromatic carbocycles. The lowest BCUT2D eigenvalue weighted by atomic mass is 10.0. The molecule has 0 amide bonds. The van der Waals surface area contributed by atoms with Gasteiger partial charge >= 0.3 is 17.9 Å². The molecule has 79 heavy (non-hydrogen) atoms. The van der Waals surface area contributed by atoms with Crippen molar-refractivity contribution in [2.24, 2.45) is 0 Å². The summed E-state index contributed by atoms with van der Waals surface area (Å²) >= 11 is 0. The highest BCUT2D eigenvalue weighted by molar-refractivity contribution is 5.71. The van der Waals surface area contributed by atoms with Gasteiger partial charge in [0.05, 0.1) is 0 Å². The Balaban J connectivity index is 4.48. The van der Waals surface area contributed by atoms with E-state index in [0.29, 0.717) is 19.3 Å². The molecular weight excluding hydrogens is 973 g/mol. The fraction of sp³-hybridized carbons (Fsp3) is 0.658. The summed E-state index contributed by atoms with van der Waals surface area (Å²) in [4.78, 5) is 38.4. The molecule has 0 aromatic heterocycles. The highest BCUT2D eigenvalue weighted by Crippen LogP contribution is 2.15. The van der Waals surface area contributed by atoms with Gasteiger partial charge in [0.1, 0.15) is 13.2 Å². The van der Waals surface area contributed by atoms with E-state index < -0.39 is 6.10 Å². The van der Waals surface area contributed by atoms with Crippen LogP contribution in [0.5, 0.6) is 0 Å². The van der Waals surface area contributed by atoms with E-state index >= 15 is 0 Å². The average Bonchev–Trinajstić information content (AvgIpc) is 3.45. The molecule has 6 nitrogen and oxygen atoms in total. The molecule has 0 saturated heterocycles. The van der Waals surface area contributed by atoms with E-state index in [9.17, 15) is 14.4 Å². The van der Waals surface area contributed by atoms with Crippen molar-refractivity contribution in [3.05, 3.63) is 134 Å². The first-order chi connectivity index (χ1) is 39.0. The van der Waals surface area contributed by atoms with Crippen LogP contribution in [0.2, 0.25) is 0 Å². The van der Waals surface area contributed by atoms with Crippen molar-refractivity contribution in [3.63, 3.8) is 0 Å². The molecule has 6 heteroatoms. The summed E-state index contributed by atoms with van der Waals surface area (Å²) in [6, 6.07) is 0. The number of allylic oxidation sites excluding steroid dienone is 22. The lowest BCUT2D eigenvalue weighted by molar-refractivity contribution is -0.167. The molecule has 0 radical (unpaired) electrons. The quantitative estimate of drug-likeness (QED) is 0.0261. The summed E-state index contributed by atoms with van der Waals surface area (Å²) in [5.74, 6) is -0.969. The standard InChI is InChI=1S/C73H120O6/c1-4-7-10-13-16-19-22-25-28-31-34-35-36-37-40-42-45-48-51-54-57-60-63-66-72(75)78-69-70(79-73(76)67-64-61-58-55-52-49-46-43-39-33-30-27-24-21-18-15-12-9-6-3)68-77-71(74)65-62-59-56-53-50-47-44-41-38-32-29-26-23-20-17-14-11-8-5-2/h8-9,11-12,17-18,20-21,26-27,29-31,34,38-39,41,43,47,49-50,52,70H,4-7,10,13-16,19,22-25,28,32-33,35-37,40,42,44-46,48,51,53-69H2,1-3H3/b11-8-,12-9-,20-17-,21-18-,29-26-,30-27-,34-31-,41-38-,43-39-,50-47-,52-49-. The second-order valence-electron chi connectivity index (χ2n) is 21.3. The van der Waals surface area contributed by atoms with Crippen LogP contribution in [0.25, 0.3) is 0 Å². The minimum atomic E-state index is -0.816. The summed E-state index contributed by atoms with van der Waals surface area (Å²) in [7, 11) is 0. The maximum Gasteiger partial charge on any atom is 0.306 e. The summed E-state index contributed by atoms with van der Waals surface area (Å²) < 4.78 is 16.9. The largest absolute Gasteiger partial charge is 0.462 e. The number of carbonyl (C=O) groups excluding carboxylic acids is 3. The molecule has 0 aliphatic heterocycles. The van der Waals surface area contributed by atoms with Crippen molar-refractivity contribution >= 4 is 17.9 Å². The molecule has 0 fully saturated rings. The van der Waals surface area contributed by atoms with Gasteiger partial charge < -0.3 is 14.2 Å². The molecule has 0 rings (SSSR count). The van der Waals surface area contributed by atoms with Crippen LogP contribution in [0.1, 0.15) is 290 Å². The Labute approximate surface area is 487 Å². The van der Waals surface area contributed by atoms with E-state index in [1.165, 1.54) is 116 Å². The van der Waals surface area contributed by atoms with Gasteiger partial charge in [-0.1, -0.05) is 270 Å². The van der Waals surface area contributed by atoms with Gasteiger partial charge in [0.25, 0.3) is 0 Å². The molecule has 0 aliphatic carbocycles. The Morgan fingerprint density at radius 3 is 0.797 bits per heavy atom. The van der Waals surface area contributed by atoms with Crippen molar-refractivity contribution in [2.45, 2.75) is 297 Å². The number of unbranched alkanes of at least 4 members (excludes halogenated alkanes) is 25. The molecule has 448 valence electrons. The minimum Gasteiger partial charge on any atom is -0.462 e. The van der Waals surface area contributed by atoms with E-state index in [2.05, 4.69) is 154 Å². The van der Waals surface area contributed by atoms with Crippen LogP contribution in [0.4, 0.5) is 0 Å². The molecule has 0 saturated carbocycles. The van der Waals surface area contributed by atoms with Gasteiger partial charge in [0, 0.05) is 19.3 Å². The van der Waals surface area contributed by atoms with E-state index in [1.54, 1.807) is 0 Å².